The summed E-state index contributed by atoms with van der Waals surface area (Å²) in [6.45, 7) is 0.846. The molecule has 2 aliphatic rings. The van der Waals surface area contributed by atoms with Crippen LogP contribution < -0.4 is 5.32 Å². The Morgan fingerprint density at radius 3 is 2.65 bits per heavy atom. The summed E-state index contributed by atoms with van der Waals surface area (Å²) in [7, 11) is 0. The number of hydrogen-bond donors (Lipinski definition) is 1. The van der Waals surface area contributed by atoms with E-state index in [1.807, 2.05) is 0 Å². The summed E-state index contributed by atoms with van der Waals surface area (Å²) in [6.07, 6.45) is -2.36. The molecule has 0 aromatic carbocycles. The van der Waals surface area contributed by atoms with Crippen LogP contribution in [0.15, 0.2) is 4.52 Å². The van der Waals surface area contributed by atoms with Gasteiger partial charge in [-0.2, -0.15) is 18.2 Å². The largest absolute Gasteiger partial charge is 0.403 e. The van der Waals surface area contributed by atoms with Crippen LogP contribution in [0.4, 0.5) is 13.2 Å². The SMILES string of the molecule is FC(F)(F)C1(c2nc([C@@H]3CCCN3)no2)CC1. The van der Waals surface area contributed by atoms with E-state index in [1.165, 1.54) is 0 Å². The second kappa shape index (κ2) is 3.44. The summed E-state index contributed by atoms with van der Waals surface area (Å²) in [5, 5.41) is 6.80. The highest BCUT2D eigenvalue weighted by Gasteiger charge is 2.68. The first-order valence-electron chi connectivity index (χ1n) is 5.67. The van der Waals surface area contributed by atoms with Crippen molar-refractivity contribution < 1.29 is 17.7 Å². The lowest BCUT2D eigenvalue weighted by Crippen LogP contribution is -2.29. The first-order chi connectivity index (χ1) is 8.03. The van der Waals surface area contributed by atoms with Gasteiger partial charge in [0.1, 0.15) is 5.41 Å². The van der Waals surface area contributed by atoms with Crippen molar-refractivity contribution in [3.05, 3.63) is 11.7 Å². The molecule has 1 N–H and O–H groups in total. The standard InChI is InChI=1S/C10H12F3N3O/c11-10(12,13)9(3-4-9)8-15-7(16-17-8)6-2-1-5-14-6/h6,14H,1-5H2/t6-/m0/s1. The maximum absolute atomic E-state index is 12.8. The van der Waals surface area contributed by atoms with Crippen molar-refractivity contribution >= 4 is 0 Å². The van der Waals surface area contributed by atoms with Gasteiger partial charge >= 0.3 is 6.18 Å². The smallest absolute Gasteiger partial charge is 0.338 e. The highest BCUT2D eigenvalue weighted by atomic mass is 19.4. The van der Waals surface area contributed by atoms with E-state index in [2.05, 4.69) is 15.5 Å². The fourth-order valence-electron chi connectivity index (χ4n) is 2.22. The third-order valence-electron chi connectivity index (χ3n) is 3.52. The quantitative estimate of drug-likeness (QED) is 0.869. The molecule has 2 heterocycles. The van der Waals surface area contributed by atoms with Gasteiger partial charge < -0.3 is 9.84 Å². The van der Waals surface area contributed by atoms with Gasteiger partial charge in [0.15, 0.2) is 5.82 Å². The third kappa shape index (κ3) is 1.64. The van der Waals surface area contributed by atoms with Crippen molar-refractivity contribution in [1.29, 1.82) is 0 Å². The molecule has 7 heteroatoms. The fraction of sp³-hybridized carbons (Fsp3) is 0.800. The molecule has 0 unspecified atom stereocenters. The van der Waals surface area contributed by atoms with Gasteiger partial charge in [0.25, 0.3) is 0 Å². The number of aromatic nitrogens is 2. The molecule has 1 aliphatic heterocycles. The van der Waals surface area contributed by atoms with Crippen molar-refractivity contribution in [3.8, 4) is 0 Å². The van der Waals surface area contributed by atoms with Gasteiger partial charge in [-0.05, 0) is 32.2 Å². The van der Waals surface area contributed by atoms with Crippen molar-refractivity contribution in [2.75, 3.05) is 6.54 Å². The van der Waals surface area contributed by atoms with Crippen molar-refractivity contribution in [2.45, 2.75) is 43.3 Å². The number of hydrogen-bond acceptors (Lipinski definition) is 4. The van der Waals surface area contributed by atoms with Crippen LogP contribution >= 0.6 is 0 Å². The lowest BCUT2D eigenvalue weighted by Gasteiger charge is -2.14. The van der Waals surface area contributed by atoms with Crippen molar-refractivity contribution in [2.24, 2.45) is 0 Å². The predicted octanol–water partition coefficient (Wildman–Crippen LogP) is 2.09. The van der Waals surface area contributed by atoms with Gasteiger partial charge in [0.05, 0.1) is 6.04 Å². The summed E-state index contributed by atoms with van der Waals surface area (Å²) in [5.41, 5.74) is -1.86. The average molecular weight is 247 g/mol. The molecule has 1 saturated carbocycles. The molecule has 1 aliphatic carbocycles. The molecule has 1 aromatic heterocycles. The minimum absolute atomic E-state index is 0.0518. The van der Waals surface area contributed by atoms with Crippen LogP contribution in [0.1, 0.15) is 43.4 Å². The van der Waals surface area contributed by atoms with E-state index in [9.17, 15) is 13.2 Å². The molecule has 0 amide bonds. The normalized spacial score (nSPS) is 27.4. The highest BCUT2D eigenvalue weighted by Crippen LogP contribution is 2.58. The molecule has 0 radical (unpaired) electrons. The zero-order valence-corrected chi connectivity index (χ0v) is 9.05. The van der Waals surface area contributed by atoms with Gasteiger partial charge in [-0.1, -0.05) is 5.16 Å². The number of rotatable bonds is 2. The van der Waals surface area contributed by atoms with E-state index in [1.54, 1.807) is 0 Å². The molecule has 0 spiro atoms. The maximum atomic E-state index is 12.8. The zero-order valence-electron chi connectivity index (χ0n) is 9.05. The van der Waals surface area contributed by atoms with Crippen LogP contribution in [-0.4, -0.2) is 22.9 Å². The van der Waals surface area contributed by atoms with Gasteiger partial charge in [-0.15, -0.1) is 0 Å². The third-order valence-corrected chi connectivity index (χ3v) is 3.52. The summed E-state index contributed by atoms with van der Waals surface area (Å²) in [4.78, 5) is 3.93. The van der Waals surface area contributed by atoms with Crippen LogP contribution in [0.5, 0.6) is 0 Å². The number of nitrogens with zero attached hydrogens (tertiary/aromatic N) is 2. The summed E-state index contributed by atoms with van der Waals surface area (Å²) in [5.74, 6) is 0.0849. The van der Waals surface area contributed by atoms with Gasteiger partial charge in [0, 0.05) is 0 Å². The first-order valence-corrected chi connectivity index (χ1v) is 5.67. The van der Waals surface area contributed by atoms with Gasteiger partial charge in [-0.3, -0.25) is 0 Å². The Kier molecular flexibility index (Phi) is 2.23. The number of nitrogens with one attached hydrogen (secondary N) is 1. The average Bonchev–Trinajstić information content (AvgIpc) is 2.76. The molecule has 94 valence electrons. The van der Waals surface area contributed by atoms with E-state index in [4.69, 9.17) is 4.52 Å². The zero-order chi connectivity index (χ0) is 12.1. The molecule has 1 atom stereocenters. The number of alkyl halides is 3. The van der Waals surface area contributed by atoms with Gasteiger partial charge in [0.2, 0.25) is 5.89 Å². The monoisotopic (exact) mass is 247 g/mol. The summed E-state index contributed by atoms with van der Waals surface area (Å²) < 4.78 is 43.3. The Hall–Kier alpha value is -1.11. The molecule has 17 heavy (non-hydrogen) atoms. The van der Waals surface area contributed by atoms with E-state index < -0.39 is 11.6 Å². The summed E-state index contributed by atoms with van der Waals surface area (Å²) in [6, 6.07) is -0.0588. The maximum Gasteiger partial charge on any atom is 0.403 e. The Morgan fingerprint density at radius 1 is 1.35 bits per heavy atom. The van der Waals surface area contributed by atoms with Crippen LogP contribution in [0.25, 0.3) is 0 Å². The Morgan fingerprint density at radius 2 is 2.12 bits per heavy atom. The molecule has 2 fully saturated rings. The molecular formula is C10H12F3N3O. The molecule has 1 saturated heterocycles. The van der Waals surface area contributed by atoms with E-state index in [-0.39, 0.29) is 24.8 Å². The fourth-order valence-corrected chi connectivity index (χ4v) is 2.22. The lowest BCUT2D eigenvalue weighted by molar-refractivity contribution is -0.166. The van der Waals surface area contributed by atoms with E-state index >= 15 is 0 Å². The van der Waals surface area contributed by atoms with Crippen LogP contribution in [0.3, 0.4) is 0 Å². The second-order valence-corrected chi connectivity index (χ2v) is 4.69. The lowest BCUT2D eigenvalue weighted by atomic mass is 10.1. The minimum Gasteiger partial charge on any atom is -0.338 e. The molecule has 4 nitrogen and oxygen atoms in total. The molecule has 0 bridgehead atoms. The number of halogens is 3. The van der Waals surface area contributed by atoms with Crippen LogP contribution in [0.2, 0.25) is 0 Å². The topological polar surface area (TPSA) is 51.0 Å². The van der Waals surface area contributed by atoms with Crippen LogP contribution in [0, 0.1) is 0 Å². The predicted molar refractivity (Wildman–Crippen MR) is 51.2 cm³/mol. The summed E-state index contributed by atoms with van der Waals surface area (Å²) >= 11 is 0. The molecular weight excluding hydrogens is 235 g/mol. The highest BCUT2D eigenvalue weighted by molar-refractivity contribution is 5.20. The Bertz CT molecular complexity index is 419. The molecule has 3 rings (SSSR count). The van der Waals surface area contributed by atoms with Gasteiger partial charge in [-0.25, -0.2) is 0 Å². The minimum atomic E-state index is -4.29. The Labute approximate surface area is 95.6 Å². The van der Waals surface area contributed by atoms with E-state index in [0.717, 1.165) is 19.4 Å². The molecule has 1 aromatic rings. The van der Waals surface area contributed by atoms with Crippen LogP contribution in [-0.2, 0) is 5.41 Å². The second-order valence-electron chi connectivity index (χ2n) is 4.69. The van der Waals surface area contributed by atoms with Crippen molar-refractivity contribution in [1.82, 2.24) is 15.5 Å². The Balaban J connectivity index is 1.85. The first kappa shape index (κ1) is 11.0. The van der Waals surface area contributed by atoms with E-state index in [0.29, 0.717) is 5.82 Å². The van der Waals surface area contributed by atoms with Crippen molar-refractivity contribution in [3.63, 3.8) is 0 Å².